The van der Waals surface area contributed by atoms with Crippen LogP contribution in [0.3, 0.4) is 0 Å². The van der Waals surface area contributed by atoms with Crippen molar-refractivity contribution < 1.29 is 0 Å². The first-order chi connectivity index (χ1) is 7.67. The van der Waals surface area contributed by atoms with E-state index in [2.05, 4.69) is 43.5 Å². The Morgan fingerprint density at radius 2 is 2.25 bits per heavy atom. The Labute approximate surface area is 98.5 Å². The van der Waals surface area contributed by atoms with E-state index in [0.717, 1.165) is 25.2 Å². The van der Waals surface area contributed by atoms with Crippen molar-refractivity contribution in [2.75, 3.05) is 13.1 Å². The monoisotopic (exact) mass is 221 g/mol. The molecule has 3 nitrogen and oxygen atoms in total. The van der Waals surface area contributed by atoms with Crippen molar-refractivity contribution in [2.24, 2.45) is 7.05 Å². The van der Waals surface area contributed by atoms with E-state index in [1.807, 2.05) is 11.7 Å². The van der Waals surface area contributed by atoms with Crippen molar-refractivity contribution in [3.63, 3.8) is 0 Å². The van der Waals surface area contributed by atoms with Crippen LogP contribution in [-0.2, 0) is 7.05 Å². The molecular formula is C13H23N3. The van der Waals surface area contributed by atoms with Gasteiger partial charge in [0.1, 0.15) is 0 Å². The predicted molar refractivity (Wildman–Crippen MR) is 69.4 cm³/mol. The Morgan fingerprint density at radius 1 is 1.50 bits per heavy atom. The standard InChI is InChI=1S/C13H23N3/c1-5-7-14-9-12(6-2)8-13-10-16(4)15-11(13)3/h8,10,14H,5-7,9H2,1-4H3. The molecule has 0 aliphatic rings. The maximum absolute atomic E-state index is 4.35. The minimum absolute atomic E-state index is 0.985. The van der Waals surface area contributed by atoms with Gasteiger partial charge in [-0.3, -0.25) is 4.68 Å². The number of aromatic nitrogens is 2. The number of hydrogen-bond donors (Lipinski definition) is 1. The van der Waals surface area contributed by atoms with E-state index in [-0.39, 0.29) is 0 Å². The molecule has 1 N–H and O–H groups in total. The molecule has 1 aromatic rings. The highest BCUT2D eigenvalue weighted by Crippen LogP contribution is 2.12. The summed E-state index contributed by atoms with van der Waals surface area (Å²) in [5, 5.41) is 7.78. The van der Waals surface area contributed by atoms with E-state index >= 15 is 0 Å². The van der Waals surface area contributed by atoms with Gasteiger partial charge in [-0.05, 0) is 26.3 Å². The first-order valence-corrected chi connectivity index (χ1v) is 6.07. The van der Waals surface area contributed by atoms with Crippen LogP contribution in [0.1, 0.15) is 37.9 Å². The van der Waals surface area contributed by atoms with Gasteiger partial charge >= 0.3 is 0 Å². The third kappa shape index (κ3) is 3.81. The summed E-state index contributed by atoms with van der Waals surface area (Å²) in [7, 11) is 1.96. The average molecular weight is 221 g/mol. The lowest BCUT2D eigenvalue weighted by atomic mass is 10.1. The second-order valence-electron chi connectivity index (χ2n) is 4.18. The van der Waals surface area contributed by atoms with Crippen molar-refractivity contribution in [1.29, 1.82) is 0 Å². The van der Waals surface area contributed by atoms with Crippen LogP contribution in [-0.4, -0.2) is 22.9 Å². The van der Waals surface area contributed by atoms with Gasteiger partial charge in [0.25, 0.3) is 0 Å². The highest BCUT2D eigenvalue weighted by atomic mass is 15.2. The Bertz CT molecular complexity index is 350. The highest BCUT2D eigenvalue weighted by molar-refractivity contribution is 5.54. The minimum atomic E-state index is 0.985. The lowest BCUT2D eigenvalue weighted by Crippen LogP contribution is -2.17. The van der Waals surface area contributed by atoms with E-state index in [1.54, 1.807) is 0 Å². The molecule has 1 aromatic heterocycles. The van der Waals surface area contributed by atoms with Gasteiger partial charge < -0.3 is 5.32 Å². The molecule has 1 heterocycles. The van der Waals surface area contributed by atoms with Crippen LogP contribution in [0.2, 0.25) is 0 Å². The number of rotatable bonds is 6. The molecule has 0 spiro atoms. The van der Waals surface area contributed by atoms with Crippen LogP contribution in [0.15, 0.2) is 11.8 Å². The molecule has 0 radical (unpaired) electrons. The van der Waals surface area contributed by atoms with Gasteiger partial charge in [-0.15, -0.1) is 0 Å². The third-order valence-corrected chi connectivity index (χ3v) is 2.64. The van der Waals surface area contributed by atoms with Crippen LogP contribution in [0, 0.1) is 6.92 Å². The largest absolute Gasteiger partial charge is 0.313 e. The fourth-order valence-electron chi connectivity index (χ4n) is 1.68. The maximum Gasteiger partial charge on any atom is 0.0665 e. The number of nitrogens with one attached hydrogen (secondary N) is 1. The van der Waals surface area contributed by atoms with Crippen LogP contribution >= 0.6 is 0 Å². The van der Waals surface area contributed by atoms with Crippen LogP contribution in [0.4, 0.5) is 0 Å². The zero-order valence-corrected chi connectivity index (χ0v) is 10.9. The summed E-state index contributed by atoms with van der Waals surface area (Å²) in [6.45, 7) is 8.51. The third-order valence-electron chi connectivity index (χ3n) is 2.64. The molecule has 90 valence electrons. The van der Waals surface area contributed by atoms with Gasteiger partial charge in [-0.25, -0.2) is 0 Å². The van der Waals surface area contributed by atoms with Gasteiger partial charge in [-0.2, -0.15) is 5.10 Å². The maximum atomic E-state index is 4.35. The SMILES string of the molecule is CCCNCC(=Cc1cn(C)nc1C)CC. The van der Waals surface area contributed by atoms with Crippen molar-refractivity contribution in [1.82, 2.24) is 15.1 Å². The van der Waals surface area contributed by atoms with E-state index in [9.17, 15) is 0 Å². The molecular weight excluding hydrogens is 198 g/mol. The van der Waals surface area contributed by atoms with E-state index in [4.69, 9.17) is 0 Å². The lowest BCUT2D eigenvalue weighted by molar-refractivity contribution is 0.706. The first-order valence-electron chi connectivity index (χ1n) is 6.07. The van der Waals surface area contributed by atoms with Gasteiger partial charge in [0.2, 0.25) is 0 Å². The zero-order chi connectivity index (χ0) is 12.0. The number of aryl methyl sites for hydroxylation is 2. The summed E-state index contributed by atoms with van der Waals surface area (Å²) in [6.07, 6.45) is 6.60. The molecule has 0 saturated carbocycles. The molecule has 1 rings (SSSR count). The molecule has 0 fully saturated rings. The average Bonchev–Trinajstić information content (AvgIpc) is 2.56. The van der Waals surface area contributed by atoms with Crippen molar-refractivity contribution in [3.05, 3.63) is 23.0 Å². The molecule has 0 amide bonds. The van der Waals surface area contributed by atoms with Crippen LogP contribution in [0.5, 0.6) is 0 Å². The summed E-state index contributed by atoms with van der Waals surface area (Å²) in [6, 6.07) is 0. The highest BCUT2D eigenvalue weighted by Gasteiger charge is 2.01. The fourth-order valence-corrected chi connectivity index (χ4v) is 1.68. The minimum Gasteiger partial charge on any atom is -0.313 e. The zero-order valence-electron chi connectivity index (χ0n) is 10.9. The smallest absolute Gasteiger partial charge is 0.0665 e. The summed E-state index contributed by atoms with van der Waals surface area (Å²) in [5.41, 5.74) is 3.77. The molecule has 0 unspecified atom stereocenters. The van der Waals surface area contributed by atoms with Crippen molar-refractivity contribution in [2.45, 2.75) is 33.6 Å². The molecule has 3 heteroatoms. The Morgan fingerprint density at radius 3 is 2.75 bits per heavy atom. The van der Waals surface area contributed by atoms with E-state index < -0.39 is 0 Å². The van der Waals surface area contributed by atoms with Crippen LogP contribution in [0.25, 0.3) is 6.08 Å². The molecule has 0 aliphatic heterocycles. The molecule has 0 aliphatic carbocycles. The van der Waals surface area contributed by atoms with Gasteiger partial charge in [0.15, 0.2) is 0 Å². The van der Waals surface area contributed by atoms with E-state index in [0.29, 0.717) is 0 Å². The molecule has 0 bridgehead atoms. The Balaban J connectivity index is 2.67. The summed E-state index contributed by atoms with van der Waals surface area (Å²) in [4.78, 5) is 0. The lowest BCUT2D eigenvalue weighted by Gasteiger charge is -2.05. The Hall–Kier alpha value is -1.09. The van der Waals surface area contributed by atoms with Gasteiger partial charge in [0, 0.05) is 25.4 Å². The van der Waals surface area contributed by atoms with Gasteiger partial charge in [-0.1, -0.05) is 25.5 Å². The second-order valence-corrected chi connectivity index (χ2v) is 4.18. The quantitative estimate of drug-likeness (QED) is 0.748. The second kappa shape index (κ2) is 6.48. The normalized spacial score (nSPS) is 12.1. The molecule has 0 saturated heterocycles. The summed E-state index contributed by atoms with van der Waals surface area (Å²) < 4.78 is 1.87. The summed E-state index contributed by atoms with van der Waals surface area (Å²) >= 11 is 0. The molecule has 0 aromatic carbocycles. The number of hydrogen-bond acceptors (Lipinski definition) is 2. The topological polar surface area (TPSA) is 29.9 Å². The molecule has 16 heavy (non-hydrogen) atoms. The van der Waals surface area contributed by atoms with Crippen molar-refractivity contribution in [3.8, 4) is 0 Å². The first kappa shape index (κ1) is 13.0. The fraction of sp³-hybridized carbons (Fsp3) is 0.615. The Kier molecular flexibility index (Phi) is 5.26. The molecule has 0 atom stereocenters. The summed E-state index contributed by atoms with van der Waals surface area (Å²) in [5.74, 6) is 0. The van der Waals surface area contributed by atoms with Crippen molar-refractivity contribution >= 4 is 6.08 Å². The van der Waals surface area contributed by atoms with Crippen LogP contribution < -0.4 is 5.32 Å². The predicted octanol–water partition coefficient (Wildman–Crippen LogP) is 2.52. The van der Waals surface area contributed by atoms with E-state index in [1.165, 1.54) is 17.6 Å². The number of nitrogens with zero attached hydrogens (tertiary/aromatic N) is 2. The van der Waals surface area contributed by atoms with Gasteiger partial charge in [0.05, 0.1) is 5.69 Å².